The van der Waals surface area contributed by atoms with Crippen LogP contribution >= 0.6 is 0 Å². The van der Waals surface area contributed by atoms with Crippen molar-refractivity contribution in [3.8, 4) is 0 Å². The fourth-order valence-corrected chi connectivity index (χ4v) is 1.73. The lowest BCUT2D eigenvalue weighted by Crippen LogP contribution is -2.01. The molecule has 13 heavy (non-hydrogen) atoms. The third kappa shape index (κ3) is 0.967. The zero-order valence-corrected chi connectivity index (χ0v) is 7.16. The summed E-state index contributed by atoms with van der Waals surface area (Å²) in [6.07, 6.45) is 3.82. The fourth-order valence-electron chi connectivity index (χ4n) is 1.73. The molecule has 0 unspecified atom stereocenters. The summed E-state index contributed by atoms with van der Waals surface area (Å²) in [6.45, 7) is 1.74. The van der Waals surface area contributed by atoms with Crippen LogP contribution in [-0.2, 0) is 13.1 Å². The molecule has 0 saturated carbocycles. The number of rotatable bonds is 0. The summed E-state index contributed by atoms with van der Waals surface area (Å²) in [5.41, 5.74) is 2.52. The van der Waals surface area contributed by atoms with Gasteiger partial charge in [-0.3, -0.25) is 0 Å². The van der Waals surface area contributed by atoms with Crippen molar-refractivity contribution in [3.63, 3.8) is 0 Å². The van der Waals surface area contributed by atoms with Gasteiger partial charge in [0.1, 0.15) is 0 Å². The second-order valence-electron chi connectivity index (χ2n) is 3.26. The molecule has 0 bridgehead atoms. The Hall–Kier alpha value is -1.64. The van der Waals surface area contributed by atoms with Gasteiger partial charge in [-0.25, -0.2) is 0 Å². The Balaban J connectivity index is 2.10. The molecule has 0 spiro atoms. The van der Waals surface area contributed by atoms with Crippen molar-refractivity contribution in [1.29, 1.82) is 0 Å². The number of nitrogens with one attached hydrogen (secondary N) is 1. The molecule has 1 aliphatic heterocycles. The van der Waals surface area contributed by atoms with Crippen LogP contribution in [0.1, 0.15) is 11.3 Å². The lowest BCUT2D eigenvalue weighted by molar-refractivity contribution is 0.577. The van der Waals surface area contributed by atoms with Gasteiger partial charge in [0.05, 0.1) is 19.4 Å². The maximum absolute atomic E-state index is 5.31. The van der Waals surface area contributed by atoms with Crippen molar-refractivity contribution in [2.45, 2.75) is 13.1 Å². The quantitative estimate of drug-likeness (QED) is 0.662. The molecular formula is C10H10N2O. The predicted octanol–water partition coefficient (Wildman–Crippen LogP) is 2.05. The highest BCUT2D eigenvalue weighted by molar-refractivity contribution is 5.43. The predicted molar refractivity (Wildman–Crippen MR) is 49.6 cm³/mol. The Labute approximate surface area is 76.0 Å². The van der Waals surface area contributed by atoms with Gasteiger partial charge in [-0.05, 0) is 18.2 Å². The first-order valence-corrected chi connectivity index (χ1v) is 4.38. The number of hydrogen-bond donors (Lipinski definition) is 1. The van der Waals surface area contributed by atoms with E-state index < -0.39 is 0 Å². The summed E-state index contributed by atoms with van der Waals surface area (Å²) >= 11 is 0. The van der Waals surface area contributed by atoms with E-state index in [9.17, 15) is 0 Å². The van der Waals surface area contributed by atoms with E-state index in [1.54, 1.807) is 6.26 Å². The maximum atomic E-state index is 5.31. The van der Waals surface area contributed by atoms with Crippen LogP contribution in [0, 0.1) is 0 Å². The van der Waals surface area contributed by atoms with Crippen LogP contribution < -0.4 is 5.32 Å². The highest BCUT2D eigenvalue weighted by Crippen LogP contribution is 2.22. The van der Waals surface area contributed by atoms with Gasteiger partial charge in [-0.1, -0.05) is 0 Å². The van der Waals surface area contributed by atoms with Crippen molar-refractivity contribution in [1.82, 2.24) is 4.57 Å². The number of fused-ring (bicyclic) bond motifs is 2. The van der Waals surface area contributed by atoms with Crippen LogP contribution in [0.4, 0.5) is 5.88 Å². The summed E-state index contributed by atoms with van der Waals surface area (Å²) in [4.78, 5) is 0. The highest BCUT2D eigenvalue weighted by Gasteiger charge is 2.12. The molecule has 66 valence electrons. The Morgan fingerprint density at radius 3 is 3.38 bits per heavy atom. The topological polar surface area (TPSA) is 30.1 Å². The van der Waals surface area contributed by atoms with Crippen molar-refractivity contribution in [3.05, 3.63) is 41.9 Å². The van der Waals surface area contributed by atoms with E-state index in [1.165, 1.54) is 11.3 Å². The van der Waals surface area contributed by atoms with E-state index >= 15 is 0 Å². The van der Waals surface area contributed by atoms with Gasteiger partial charge in [0.25, 0.3) is 0 Å². The molecule has 1 aliphatic rings. The molecule has 3 nitrogen and oxygen atoms in total. The number of hydrogen-bond acceptors (Lipinski definition) is 2. The molecule has 1 N–H and O–H groups in total. The van der Waals surface area contributed by atoms with E-state index in [1.807, 2.05) is 6.07 Å². The molecule has 0 fully saturated rings. The third-order valence-corrected chi connectivity index (χ3v) is 2.44. The number of furan rings is 1. The van der Waals surface area contributed by atoms with Gasteiger partial charge < -0.3 is 14.3 Å². The van der Waals surface area contributed by atoms with E-state index in [-0.39, 0.29) is 0 Å². The van der Waals surface area contributed by atoms with E-state index in [4.69, 9.17) is 4.42 Å². The second kappa shape index (κ2) is 2.42. The first kappa shape index (κ1) is 6.83. The minimum Gasteiger partial charge on any atom is -0.449 e. The third-order valence-electron chi connectivity index (χ3n) is 2.44. The average molecular weight is 174 g/mol. The Morgan fingerprint density at radius 2 is 2.38 bits per heavy atom. The summed E-state index contributed by atoms with van der Waals surface area (Å²) in [6, 6.07) is 6.21. The average Bonchev–Trinajstić information content (AvgIpc) is 2.72. The summed E-state index contributed by atoms with van der Waals surface area (Å²) in [5, 5.41) is 3.26. The van der Waals surface area contributed by atoms with Crippen LogP contribution in [-0.4, -0.2) is 4.57 Å². The van der Waals surface area contributed by atoms with Gasteiger partial charge >= 0.3 is 0 Å². The molecule has 0 amide bonds. The largest absolute Gasteiger partial charge is 0.449 e. The van der Waals surface area contributed by atoms with Gasteiger partial charge in [0.15, 0.2) is 5.88 Å². The second-order valence-corrected chi connectivity index (χ2v) is 3.26. The van der Waals surface area contributed by atoms with E-state index in [0.717, 1.165) is 19.0 Å². The lowest BCUT2D eigenvalue weighted by Gasteiger charge is -2.01. The van der Waals surface area contributed by atoms with Crippen molar-refractivity contribution >= 4 is 5.88 Å². The summed E-state index contributed by atoms with van der Waals surface area (Å²) < 4.78 is 7.54. The first-order chi connectivity index (χ1) is 6.43. The number of aromatic nitrogens is 1. The summed E-state index contributed by atoms with van der Waals surface area (Å²) in [7, 11) is 0. The normalized spacial score (nSPS) is 14.2. The SMILES string of the molecule is c1cc2n(c1)Cc1ccoc1NC2. The van der Waals surface area contributed by atoms with Gasteiger partial charge in [0.2, 0.25) is 0 Å². The van der Waals surface area contributed by atoms with Crippen LogP contribution in [0.25, 0.3) is 0 Å². The minimum absolute atomic E-state index is 0.841. The Bertz CT molecular complexity index is 387. The highest BCUT2D eigenvalue weighted by atomic mass is 16.3. The number of nitrogens with zero attached hydrogens (tertiary/aromatic N) is 1. The zero-order chi connectivity index (χ0) is 8.67. The molecule has 0 aromatic carbocycles. The lowest BCUT2D eigenvalue weighted by atomic mass is 10.3. The minimum atomic E-state index is 0.841. The van der Waals surface area contributed by atoms with E-state index in [0.29, 0.717) is 0 Å². The van der Waals surface area contributed by atoms with Crippen LogP contribution in [0.2, 0.25) is 0 Å². The molecule has 3 heterocycles. The number of anilines is 1. The van der Waals surface area contributed by atoms with Crippen LogP contribution in [0.15, 0.2) is 35.1 Å². The van der Waals surface area contributed by atoms with Crippen LogP contribution in [0.3, 0.4) is 0 Å². The van der Waals surface area contributed by atoms with Gasteiger partial charge in [-0.15, -0.1) is 0 Å². The Kier molecular flexibility index (Phi) is 1.27. The fraction of sp³-hybridized carbons (Fsp3) is 0.200. The standard InChI is InChI=1S/C10H10N2O/c1-2-9-6-11-10-8(3-5-13-10)7-12(9)4-1/h1-5,11H,6-7H2. The smallest absolute Gasteiger partial charge is 0.197 e. The van der Waals surface area contributed by atoms with Crippen molar-refractivity contribution in [2.24, 2.45) is 0 Å². The Morgan fingerprint density at radius 1 is 1.38 bits per heavy atom. The van der Waals surface area contributed by atoms with Crippen molar-refractivity contribution < 1.29 is 4.42 Å². The molecule has 3 heteroatoms. The van der Waals surface area contributed by atoms with Gasteiger partial charge in [-0.2, -0.15) is 0 Å². The molecule has 3 rings (SSSR count). The molecule has 0 radical (unpaired) electrons. The zero-order valence-electron chi connectivity index (χ0n) is 7.16. The van der Waals surface area contributed by atoms with E-state index in [2.05, 4.69) is 28.2 Å². The van der Waals surface area contributed by atoms with Crippen molar-refractivity contribution in [2.75, 3.05) is 5.32 Å². The molecule has 0 aliphatic carbocycles. The summed E-state index contributed by atoms with van der Waals surface area (Å²) in [5.74, 6) is 0.906. The molecule has 0 atom stereocenters. The molecule has 2 aromatic heterocycles. The molecular weight excluding hydrogens is 164 g/mol. The maximum Gasteiger partial charge on any atom is 0.197 e. The molecule has 0 saturated heterocycles. The van der Waals surface area contributed by atoms with Crippen LogP contribution in [0.5, 0.6) is 0 Å². The molecule has 2 aromatic rings. The monoisotopic (exact) mass is 174 g/mol. The van der Waals surface area contributed by atoms with Gasteiger partial charge in [0, 0.05) is 17.5 Å². The first-order valence-electron chi connectivity index (χ1n) is 4.38.